The van der Waals surface area contributed by atoms with Gasteiger partial charge in [-0.1, -0.05) is 6.07 Å². The van der Waals surface area contributed by atoms with E-state index < -0.39 is 41.4 Å². The van der Waals surface area contributed by atoms with Crippen LogP contribution in [0.5, 0.6) is 0 Å². The molecule has 3 N–H and O–H groups in total. The van der Waals surface area contributed by atoms with Crippen LogP contribution in [0.15, 0.2) is 30.7 Å². The molecule has 0 aromatic carbocycles. The van der Waals surface area contributed by atoms with Crippen LogP contribution in [0.4, 0.5) is 13.2 Å². The lowest BCUT2D eigenvalue weighted by Crippen LogP contribution is -2.49. The number of aryl methyl sites for hydroxylation is 1. The summed E-state index contributed by atoms with van der Waals surface area (Å²) < 4.78 is 39.9. The zero-order chi connectivity index (χ0) is 19.5. The van der Waals surface area contributed by atoms with E-state index in [1.165, 1.54) is 38.6 Å². The van der Waals surface area contributed by atoms with Crippen LogP contribution in [0, 0.1) is 0 Å². The highest BCUT2D eigenvalue weighted by molar-refractivity contribution is 5.98. The summed E-state index contributed by atoms with van der Waals surface area (Å²) in [6, 6.07) is 1.44. The largest absolute Gasteiger partial charge is 0.435 e. The summed E-state index contributed by atoms with van der Waals surface area (Å²) in [6.45, 7) is 0. The number of halogens is 3. The second-order valence-corrected chi connectivity index (χ2v) is 5.36. The predicted molar refractivity (Wildman–Crippen MR) is 82.7 cm³/mol. The molecule has 8 nitrogen and oxygen atoms in total. The van der Waals surface area contributed by atoms with E-state index in [0.717, 1.165) is 10.9 Å². The molecule has 140 valence electrons. The van der Waals surface area contributed by atoms with E-state index in [1.54, 1.807) is 0 Å². The van der Waals surface area contributed by atoms with Crippen molar-refractivity contribution in [2.24, 2.45) is 7.05 Å². The Kier molecular flexibility index (Phi) is 5.60. The molecule has 0 aliphatic rings. The third kappa shape index (κ3) is 4.17. The van der Waals surface area contributed by atoms with Gasteiger partial charge in [-0.05, 0) is 6.07 Å². The first kappa shape index (κ1) is 19.4. The van der Waals surface area contributed by atoms with Crippen LogP contribution in [0.1, 0.15) is 27.7 Å². The molecule has 26 heavy (non-hydrogen) atoms. The van der Waals surface area contributed by atoms with E-state index in [4.69, 9.17) is 0 Å². The lowest BCUT2D eigenvalue weighted by Gasteiger charge is -2.22. The molecule has 2 atom stereocenters. The first-order valence-electron chi connectivity index (χ1n) is 7.36. The Balaban J connectivity index is 2.32. The Bertz CT molecular complexity index is 792. The first-order chi connectivity index (χ1) is 12.1. The van der Waals surface area contributed by atoms with Gasteiger partial charge in [0.2, 0.25) is 5.91 Å². The van der Waals surface area contributed by atoms with Crippen LogP contribution in [-0.2, 0) is 18.0 Å². The monoisotopic (exact) mass is 371 g/mol. The van der Waals surface area contributed by atoms with Gasteiger partial charge in [-0.2, -0.15) is 18.3 Å². The highest BCUT2D eigenvalue weighted by Gasteiger charge is 2.40. The van der Waals surface area contributed by atoms with Gasteiger partial charge >= 0.3 is 6.18 Å². The average Bonchev–Trinajstić information content (AvgIpc) is 3.01. The third-order valence-corrected chi connectivity index (χ3v) is 3.50. The lowest BCUT2D eigenvalue weighted by molar-refractivity contribution is -0.141. The number of nitrogens with zero attached hydrogens (tertiary/aromatic N) is 3. The average molecular weight is 371 g/mol. The van der Waals surface area contributed by atoms with Gasteiger partial charge in [-0.3, -0.25) is 19.3 Å². The fourth-order valence-electron chi connectivity index (χ4n) is 2.27. The van der Waals surface area contributed by atoms with E-state index in [0.29, 0.717) is 0 Å². The SMILES string of the molecule is CNC(=O)C(NC(=O)c1cn(C)nc1C(F)(F)F)C(O)c1cccnc1. The molecule has 0 fully saturated rings. The van der Waals surface area contributed by atoms with Crippen LogP contribution in [-0.4, -0.2) is 44.8 Å². The molecular weight excluding hydrogens is 355 g/mol. The number of aromatic nitrogens is 3. The number of aliphatic hydroxyl groups is 1. The van der Waals surface area contributed by atoms with Gasteiger partial charge < -0.3 is 15.7 Å². The molecule has 0 saturated heterocycles. The highest BCUT2D eigenvalue weighted by atomic mass is 19.4. The molecule has 2 heterocycles. The predicted octanol–water partition coefficient (Wildman–Crippen LogP) is 0.412. The molecular formula is C15H16F3N5O3. The molecule has 0 saturated carbocycles. The van der Waals surface area contributed by atoms with Crippen molar-refractivity contribution >= 4 is 11.8 Å². The van der Waals surface area contributed by atoms with Crippen molar-refractivity contribution in [3.63, 3.8) is 0 Å². The van der Waals surface area contributed by atoms with Crippen molar-refractivity contribution in [1.29, 1.82) is 0 Å². The highest BCUT2D eigenvalue weighted by Crippen LogP contribution is 2.30. The minimum Gasteiger partial charge on any atom is -0.386 e. The second-order valence-electron chi connectivity index (χ2n) is 5.36. The number of rotatable bonds is 5. The molecule has 0 radical (unpaired) electrons. The number of nitrogens with one attached hydrogen (secondary N) is 2. The van der Waals surface area contributed by atoms with Gasteiger partial charge in [0.25, 0.3) is 5.91 Å². The van der Waals surface area contributed by atoms with Gasteiger partial charge in [-0.25, -0.2) is 0 Å². The van der Waals surface area contributed by atoms with Crippen molar-refractivity contribution in [2.45, 2.75) is 18.3 Å². The van der Waals surface area contributed by atoms with E-state index in [1.807, 2.05) is 0 Å². The van der Waals surface area contributed by atoms with Gasteiger partial charge in [0, 0.05) is 38.2 Å². The molecule has 2 aromatic heterocycles. The van der Waals surface area contributed by atoms with E-state index >= 15 is 0 Å². The van der Waals surface area contributed by atoms with Gasteiger partial charge in [0.15, 0.2) is 5.69 Å². The number of likely N-dealkylation sites (N-methyl/N-ethyl adjacent to an activating group) is 1. The number of carbonyl (C=O) groups excluding carboxylic acids is 2. The summed E-state index contributed by atoms with van der Waals surface area (Å²) in [5, 5.41) is 18.0. The molecule has 2 aromatic rings. The summed E-state index contributed by atoms with van der Waals surface area (Å²) in [4.78, 5) is 28.1. The Morgan fingerprint density at radius 1 is 1.35 bits per heavy atom. The molecule has 2 rings (SSSR count). The molecule has 0 bridgehead atoms. The fourth-order valence-corrected chi connectivity index (χ4v) is 2.27. The number of carbonyl (C=O) groups is 2. The molecule has 2 amide bonds. The molecule has 0 aliphatic carbocycles. The maximum Gasteiger partial charge on any atom is 0.435 e. The normalized spacial score (nSPS) is 13.8. The number of alkyl halides is 3. The van der Waals surface area contributed by atoms with Crippen molar-refractivity contribution < 1.29 is 27.9 Å². The molecule has 0 aliphatic heterocycles. The van der Waals surface area contributed by atoms with Crippen LogP contribution < -0.4 is 10.6 Å². The zero-order valence-corrected chi connectivity index (χ0v) is 13.8. The minimum absolute atomic E-state index is 0.212. The van der Waals surface area contributed by atoms with Crippen molar-refractivity contribution in [3.05, 3.63) is 47.5 Å². The Morgan fingerprint density at radius 3 is 2.58 bits per heavy atom. The first-order valence-corrected chi connectivity index (χ1v) is 7.36. The Hall–Kier alpha value is -2.95. The van der Waals surface area contributed by atoms with Crippen LogP contribution in [0.25, 0.3) is 0 Å². The number of hydrogen-bond acceptors (Lipinski definition) is 5. The van der Waals surface area contributed by atoms with Crippen LogP contribution in [0.3, 0.4) is 0 Å². The van der Waals surface area contributed by atoms with Gasteiger partial charge in [-0.15, -0.1) is 0 Å². The number of amides is 2. The molecule has 0 spiro atoms. The van der Waals surface area contributed by atoms with Gasteiger partial charge in [0.05, 0.1) is 5.56 Å². The molecule has 2 unspecified atom stereocenters. The molecule has 11 heteroatoms. The van der Waals surface area contributed by atoms with E-state index in [9.17, 15) is 27.9 Å². The smallest absolute Gasteiger partial charge is 0.386 e. The summed E-state index contributed by atoms with van der Waals surface area (Å²) in [5.74, 6) is -1.98. The summed E-state index contributed by atoms with van der Waals surface area (Å²) in [7, 11) is 2.50. The third-order valence-electron chi connectivity index (χ3n) is 3.50. The second kappa shape index (κ2) is 7.52. The topological polar surface area (TPSA) is 109 Å². The standard InChI is InChI=1S/C15H16F3N5O3/c1-19-14(26)10(11(24)8-4-3-5-20-6-8)21-13(25)9-7-23(2)22-12(9)15(16,17)18/h3-7,10-11,24H,1-2H3,(H,19,26)(H,21,25). The Morgan fingerprint density at radius 2 is 2.04 bits per heavy atom. The number of pyridine rings is 1. The lowest BCUT2D eigenvalue weighted by atomic mass is 10.0. The Labute approximate surface area is 146 Å². The zero-order valence-electron chi connectivity index (χ0n) is 13.8. The fraction of sp³-hybridized carbons (Fsp3) is 0.333. The summed E-state index contributed by atoms with van der Waals surface area (Å²) in [5.41, 5.74) is -1.93. The minimum atomic E-state index is -4.85. The van der Waals surface area contributed by atoms with Crippen molar-refractivity contribution in [1.82, 2.24) is 25.4 Å². The number of aliphatic hydroxyl groups excluding tert-OH is 1. The maximum atomic E-state index is 13.0. The van der Waals surface area contributed by atoms with Crippen LogP contribution >= 0.6 is 0 Å². The summed E-state index contributed by atoms with van der Waals surface area (Å²) in [6.07, 6.45) is -2.76. The summed E-state index contributed by atoms with van der Waals surface area (Å²) >= 11 is 0. The van der Waals surface area contributed by atoms with Crippen molar-refractivity contribution in [3.8, 4) is 0 Å². The van der Waals surface area contributed by atoms with Crippen molar-refractivity contribution in [2.75, 3.05) is 7.05 Å². The van der Waals surface area contributed by atoms with E-state index in [2.05, 4.69) is 20.7 Å². The number of hydrogen-bond donors (Lipinski definition) is 3. The quantitative estimate of drug-likeness (QED) is 0.706. The maximum absolute atomic E-state index is 13.0. The van der Waals surface area contributed by atoms with Gasteiger partial charge in [0.1, 0.15) is 12.1 Å². The van der Waals surface area contributed by atoms with Crippen LogP contribution in [0.2, 0.25) is 0 Å². The van der Waals surface area contributed by atoms with E-state index in [-0.39, 0.29) is 5.56 Å².